The smallest absolute Gasteiger partial charge is 0.387 e. The fourth-order valence-electron chi connectivity index (χ4n) is 3.12. The van der Waals surface area contributed by atoms with Crippen LogP contribution in [0.25, 0.3) is 6.08 Å². The second-order valence-electron chi connectivity index (χ2n) is 6.76. The fraction of sp³-hybridized carbons (Fsp3) is 0.217. The molecule has 0 atom stereocenters. The van der Waals surface area contributed by atoms with Crippen LogP contribution in [-0.4, -0.2) is 29.3 Å². The Bertz CT molecular complexity index is 1070. The van der Waals surface area contributed by atoms with Crippen molar-refractivity contribution in [3.63, 3.8) is 0 Å². The molecule has 30 heavy (non-hydrogen) atoms. The van der Waals surface area contributed by atoms with Gasteiger partial charge in [-0.1, -0.05) is 24.3 Å². The third kappa shape index (κ3) is 5.31. The maximum Gasteiger partial charge on any atom is 0.387 e. The number of alkyl halides is 2. The molecular formula is C23H22F2N2O3. The number of ketones is 1. The van der Waals surface area contributed by atoms with E-state index in [2.05, 4.69) is 9.84 Å². The number of methoxy groups -OCH3 is 1. The second kappa shape index (κ2) is 9.35. The number of carbonyl (C=O) groups excluding carboxylic acids is 1. The summed E-state index contributed by atoms with van der Waals surface area (Å²) >= 11 is 0. The van der Waals surface area contributed by atoms with Crippen LogP contribution in [0.15, 0.2) is 54.6 Å². The van der Waals surface area contributed by atoms with Crippen LogP contribution in [0.5, 0.6) is 11.5 Å². The van der Waals surface area contributed by atoms with E-state index < -0.39 is 6.61 Å². The minimum atomic E-state index is -2.94. The first-order valence-corrected chi connectivity index (χ1v) is 9.31. The van der Waals surface area contributed by atoms with E-state index in [-0.39, 0.29) is 17.1 Å². The number of carbonyl (C=O) groups is 1. The lowest BCUT2D eigenvalue weighted by molar-refractivity contribution is -0.0498. The van der Waals surface area contributed by atoms with Gasteiger partial charge in [-0.05, 0) is 55.8 Å². The molecule has 0 aliphatic carbocycles. The molecule has 0 aliphatic heterocycles. The Hall–Kier alpha value is -3.48. The lowest BCUT2D eigenvalue weighted by Gasteiger charge is -2.11. The summed E-state index contributed by atoms with van der Waals surface area (Å²) in [5, 5.41) is 4.48. The van der Waals surface area contributed by atoms with E-state index in [1.165, 1.54) is 24.3 Å². The maximum absolute atomic E-state index is 12.4. The van der Waals surface area contributed by atoms with Gasteiger partial charge >= 0.3 is 6.61 Å². The van der Waals surface area contributed by atoms with E-state index in [4.69, 9.17) is 4.74 Å². The number of hydrogen-bond acceptors (Lipinski definition) is 4. The molecule has 1 aromatic heterocycles. The van der Waals surface area contributed by atoms with Gasteiger partial charge in [0.2, 0.25) is 0 Å². The quantitative estimate of drug-likeness (QED) is 0.384. The summed E-state index contributed by atoms with van der Waals surface area (Å²) in [6, 6.07) is 13.3. The predicted octanol–water partition coefficient (Wildman–Crippen LogP) is 5.05. The average molecular weight is 412 g/mol. The van der Waals surface area contributed by atoms with Crippen molar-refractivity contribution in [3.05, 3.63) is 82.7 Å². The molecule has 0 N–H and O–H groups in total. The third-order valence-electron chi connectivity index (χ3n) is 4.50. The Morgan fingerprint density at radius 1 is 1.17 bits per heavy atom. The Morgan fingerprint density at radius 3 is 2.63 bits per heavy atom. The number of ether oxygens (including phenoxy) is 2. The van der Waals surface area contributed by atoms with Crippen LogP contribution < -0.4 is 9.47 Å². The van der Waals surface area contributed by atoms with Crippen molar-refractivity contribution in [3.8, 4) is 11.5 Å². The largest absolute Gasteiger partial charge is 0.496 e. The molecule has 0 saturated carbocycles. The van der Waals surface area contributed by atoms with Crippen molar-refractivity contribution >= 4 is 11.9 Å². The molecule has 0 fully saturated rings. The number of benzene rings is 2. The Balaban J connectivity index is 1.80. The highest BCUT2D eigenvalue weighted by molar-refractivity contribution is 6.07. The van der Waals surface area contributed by atoms with Gasteiger partial charge in [-0.15, -0.1) is 0 Å². The van der Waals surface area contributed by atoms with E-state index in [1.807, 2.05) is 42.8 Å². The molecular weight excluding hydrogens is 390 g/mol. The van der Waals surface area contributed by atoms with Crippen molar-refractivity contribution in [1.29, 1.82) is 0 Å². The first kappa shape index (κ1) is 21.2. The Labute approximate surface area is 173 Å². The molecule has 7 heteroatoms. The van der Waals surface area contributed by atoms with Gasteiger partial charge in [0.05, 0.1) is 19.3 Å². The summed E-state index contributed by atoms with van der Waals surface area (Å²) in [5.41, 5.74) is 3.97. The van der Waals surface area contributed by atoms with Crippen LogP contribution in [0.2, 0.25) is 0 Å². The predicted molar refractivity (Wildman–Crippen MR) is 110 cm³/mol. The zero-order valence-corrected chi connectivity index (χ0v) is 16.9. The summed E-state index contributed by atoms with van der Waals surface area (Å²) in [6.07, 6.45) is 3.07. The van der Waals surface area contributed by atoms with Gasteiger partial charge in [0, 0.05) is 16.8 Å². The number of aryl methyl sites for hydroxylation is 2. The molecule has 0 saturated heterocycles. The van der Waals surface area contributed by atoms with Crippen molar-refractivity contribution < 1.29 is 23.0 Å². The Kier molecular flexibility index (Phi) is 6.61. The fourth-order valence-corrected chi connectivity index (χ4v) is 3.12. The molecule has 0 unspecified atom stereocenters. The molecule has 1 heterocycles. The van der Waals surface area contributed by atoms with E-state index in [0.717, 1.165) is 28.3 Å². The molecule has 156 valence electrons. The van der Waals surface area contributed by atoms with E-state index in [1.54, 1.807) is 19.3 Å². The normalized spacial score (nSPS) is 11.3. The molecule has 0 bridgehead atoms. The van der Waals surface area contributed by atoms with Gasteiger partial charge in [-0.2, -0.15) is 13.9 Å². The molecule has 3 aromatic rings. The van der Waals surface area contributed by atoms with Gasteiger partial charge < -0.3 is 9.47 Å². The minimum Gasteiger partial charge on any atom is -0.496 e. The first-order valence-electron chi connectivity index (χ1n) is 9.31. The monoisotopic (exact) mass is 412 g/mol. The lowest BCUT2D eigenvalue weighted by atomic mass is 10.1. The number of nitrogens with zero attached hydrogens (tertiary/aromatic N) is 2. The molecule has 0 aliphatic rings. The summed E-state index contributed by atoms with van der Waals surface area (Å²) in [7, 11) is 1.60. The van der Waals surface area contributed by atoms with Gasteiger partial charge in [0.1, 0.15) is 11.5 Å². The topological polar surface area (TPSA) is 53.4 Å². The zero-order valence-electron chi connectivity index (χ0n) is 16.9. The molecule has 5 nitrogen and oxygen atoms in total. The van der Waals surface area contributed by atoms with E-state index in [0.29, 0.717) is 6.54 Å². The van der Waals surface area contributed by atoms with Gasteiger partial charge in [0.15, 0.2) is 5.78 Å². The molecule has 2 aromatic carbocycles. The lowest BCUT2D eigenvalue weighted by Crippen LogP contribution is -2.05. The summed E-state index contributed by atoms with van der Waals surface area (Å²) in [6.45, 7) is 1.52. The summed E-state index contributed by atoms with van der Waals surface area (Å²) in [5.74, 6) is 0.356. The van der Waals surface area contributed by atoms with Crippen molar-refractivity contribution in [2.45, 2.75) is 27.0 Å². The van der Waals surface area contributed by atoms with Gasteiger partial charge in [-0.25, -0.2) is 0 Å². The van der Waals surface area contributed by atoms with Crippen LogP contribution in [0.3, 0.4) is 0 Å². The summed E-state index contributed by atoms with van der Waals surface area (Å²) < 4.78 is 36.4. The standard InChI is InChI=1S/C23H22F2N2O3/c1-15-11-16(2)27(26-15)14-19-12-17(8-10-22(19)29-3)7-9-21(28)18-5-4-6-20(13-18)30-23(24)25/h4-13,23H,14H2,1-3H3/b9-7+. The average Bonchev–Trinajstić information content (AvgIpc) is 3.02. The number of halogens is 2. The van der Waals surface area contributed by atoms with Crippen LogP contribution in [-0.2, 0) is 6.54 Å². The number of aromatic nitrogens is 2. The van der Waals surface area contributed by atoms with Crippen LogP contribution in [0.1, 0.15) is 32.9 Å². The van der Waals surface area contributed by atoms with E-state index >= 15 is 0 Å². The highest BCUT2D eigenvalue weighted by Gasteiger charge is 2.10. The van der Waals surface area contributed by atoms with Gasteiger partial charge in [-0.3, -0.25) is 9.48 Å². The van der Waals surface area contributed by atoms with Gasteiger partial charge in [0.25, 0.3) is 0 Å². The highest BCUT2D eigenvalue weighted by Crippen LogP contribution is 2.23. The van der Waals surface area contributed by atoms with E-state index in [9.17, 15) is 13.6 Å². The van der Waals surface area contributed by atoms with Crippen molar-refractivity contribution in [2.75, 3.05) is 7.11 Å². The number of hydrogen-bond donors (Lipinski definition) is 0. The zero-order chi connectivity index (χ0) is 21.7. The van der Waals surface area contributed by atoms with Crippen LogP contribution >= 0.6 is 0 Å². The van der Waals surface area contributed by atoms with Crippen molar-refractivity contribution in [1.82, 2.24) is 9.78 Å². The maximum atomic E-state index is 12.4. The molecule has 0 radical (unpaired) electrons. The summed E-state index contributed by atoms with van der Waals surface area (Å²) in [4.78, 5) is 12.4. The number of rotatable bonds is 8. The number of allylic oxidation sites excluding steroid dienone is 1. The second-order valence-corrected chi connectivity index (χ2v) is 6.76. The first-order chi connectivity index (χ1) is 14.4. The Morgan fingerprint density at radius 2 is 1.97 bits per heavy atom. The third-order valence-corrected chi connectivity index (χ3v) is 4.50. The molecule has 0 spiro atoms. The van der Waals surface area contributed by atoms with Crippen molar-refractivity contribution in [2.24, 2.45) is 0 Å². The molecule has 0 amide bonds. The SMILES string of the molecule is COc1ccc(/C=C/C(=O)c2cccc(OC(F)F)c2)cc1Cn1nc(C)cc1C. The highest BCUT2D eigenvalue weighted by atomic mass is 19.3. The minimum absolute atomic E-state index is 0.0548. The van der Waals surface area contributed by atoms with Crippen LogP contribution in [0, 0.1) is 13.8 Å². The van der Waals surface area contributed by atoms with Crippen LogP contribution in [0.4, 0.5) is 8.78 Å². The molecule has 3 rings (SSSR count).